The Kier molecular flexibility index (Phi) is 7.12. The van der Waals surface area contributed by atoms with Gasteiger partial charge in [-0.05, 0) is 79.2 Å². The number of anilines is 1. The largest absolute Gasteiger partial charge is 0.340 e. The fourth-order valence-corrected chi connectivity index (χ4v) is 7.43. The number of carbonyl (C=O) groups is 2. The highest BCUT2D eigenvalue weighted by atomic mass is 19.1. The number of fused-ring (bicyclic) bond motifs is 3. The molecule has 0 radical (unpaired) electrons. The van der Waals surface area contributed by atoms with Gasteiger partial charge < -0.3 is 15.5 Å². The third kappa shape index (κ3) is 5.02. The fraction of sp³-hybridized carbons (Fsp3) is 0.531. The first-order chi connectivity index (χ1) is 19.5. The molecule has 2 amide bonds. The van der Waals surface area contributed by atoms with Gasteiger partial charge in [-0.15, -0.1) is 0 Å². The molecule has 7 rings (SSSR count). The van der Waals surface area contributed by atoms with E-state index in [1.165, 1.54) is 18.6 Å². The van der Waals surface area contributed by atoms with Crippen molar-refractivity contribution in [2.24, 2.45) is 28.2 Å². The molecule has 4 fully saturated rings. The molecule has 2 aromatic carbocycles. The van der Waals surface area contributed by atoms with Crippen molar-refractivity contribution in [1.82, 2.24) is 15.1 Å². The molecule has 2 bridgehead atoms. The SMILES string of the molecule is CC1CN(C(=N[C@H]2C[C@H]3C[C@@H]([C@@H]2C)C3(C)C)Nc2ccc3c(c2)C(=O)N(CCc2ccc(F)cc2F)C3=O)CCN1. The van der Waals surface area contributed by atoms with E-state index in [0.717, 1.165) is 43.0 Å². The van der Waals surface area contributed by atoms with Gasteiger partial charge in [0, 0.05) is 44.0 Å². The molecule has 9 heteroatoms. The lowest BCUT2D eigenvalue weighted by Gasteiger charge is -2.61. The van der Waals surface area contributed by atoms with E-state index in [1.807, 2.05) is 6.07 Å². The van der Waals surface area contributed by atoms with Gasteiger partial charge in [-0.25, -0.2) is 13.8 Å². The van der Waals surface area contributed by atoms with Gasteiger partial charge in [0.15, 0.2) is 5.96 Å². The molecule has 2 aromatic rings. The summed E-state index contributed by atoms with van der Waals surface area (Å²) in [4.78, 5) is 35.1. The van der Waals surface area contributed by atoms with Crippen LogP contribution in [0.15, 0.2) is 41.4 Å². The zero-order valence-electron chi connectivity index (χ0n) is 24.2. The monoisotopic (exact) mass is 563 g/mol. The Morgan fingerprint density at radius 1 is 1.07 bits per heavy atom. The maximum atomic E-state index is 14.1. The average Bonchev–Trinajstić information content (AvgIpc) is 3.17. The summed E-state index contributed by atoms with van der Waals surface area (Å²) in [6.45, 7) is 11.8. The highest BCUT2D eigenvalue weighted by molar-refractivity contribution is 6.22. The molecule has 2 N–H and O–H groups in total. The van der Waals surface area contributed by atoms with Gasteiger partial charge in [-0.3, -0.25) is 14.5 Å². The second-order valence-corrected chi connectivity index (χ2v) is 12.9. The first-order valence-corrected chi connectivity index (χ1v) is 14.8. The van der Waals surface area contributed by atoms with Crippen LogP contribution in [0, 0.1) is 34.8 Å². The molecule has 3 aliphatic carbocycles. The van der Waals surface area contributed by atoms with Crippen LogP contribution >= 0.6 is 0 Å². The van der Waals surface area contributed by atoms with Gasteiger partial charge in [0.2, 0.25) is 0 Å². The van der Waals surface area contributed by atoms with Crippen LogP contribution in [0.2, 0.25) is 0 Å². The number of hydrogen-bond donors (Lipinski definition) is 2. The summed E-state index contributed by atoms with van der Waals surface area (Å²) in [6.07, 6.45) is 2.48. The Balaban J connectivity index is 1.22. The zero-order valence-corrected chi connectivity index (χ0v) is 24.2. The number of rotatable bonds is 5. The second kappa shape index (κ2) is 10.5. The summed E-state index contributed by atoms with van der Waals surface area (Å²) in [7, 11) is 0. The van der Waals surface area contributed by atoms with E-state index in [2.05, 4.69) is 43.2 Å². The van der Waals surface area contributed by atoms with Crippen LogP contribution < -0.4 is 10.6 Å². The van der Waals surface area contributed by atoms with E-state index in [4.69, 9.17) is 4.99 Å². The molecule has 2 aliphatic heterocycles. The number of amides is 2. The number of benzene rings is 2. The molecular formula is C32H39F2N5O2. The van der Waals surface area contributed by atoms with Gasteiger partial charge in [0.25, 0.3) is 11.8 Å². The Morgan fingerprint density at radius 2 is 1.85 bits per heavy atom. The minimum atomic E-state index is -0.685. The first-order valence-electron chi connectivity index (χ1n) is 14.8. The maximum Gasteiger partial charge on any atom is 0.261 e. The van der Waals surface area contributed by atoms with E-state index in [9.17, 15) is 18.4 Å². The lowest BCUT2D eigenvalue weighted by atomic mass is 9.45. The van der Waals surface area contributed by atoms with E-state index < -0.39 is 23.4 Å². The third-order valence-electron chi connectivity index (χ3n) is 10.1. The minimum absolute atomic E-state index is 0.0152. The number of carbonyl (C=O) groups excluding carboxylic acids is 2. The number of aliphatic imine (C=N–C) groups is 1. The number of piperazine rings is 1. The van der Waals surface area contributed by atoms with Crippen LogP contribution in [-0.2, 0) is 6.42 Å². The summed E-state index contributed by atoms with van der Waals surface area (Å²) in [5.74, 6) is 0.518. The summed E-state index contributed by atoms with van der Waals surface area (Å²) in [5, 5.41) is 7.01. The Labute approximate surface area is 240 Å². The summed E-state index contributed by atoms with van der Waals surface area (Å²) < 4.78 is 27.4. The van der Waals surface area contributed by atoms with Gasteiger partial charge in [0.05, 0.1) is 17.2 Å². The van der Waals surface area contributed by atoms with Gasteiger partial charge in [-0.2, -0.15) is 0 Å². The van der Waals surface area contributed by atoms with Crippen LogP contribution in [0.4, 0.5) is 14.5 Å². The van der Waals surface area contributed by atoms with E-state index >= 15 is 0 Å². The molecule has 1 unspecified atom stereocenters. The molecule has 3 saturated carbocycles. The van der Waals surface area contributed by atoms with Crippen molar-refractivity contribution in [3.05, 3.63) is 64.7 Å². The molecule has 0 spiro atoms. The van der Waals surface area contributed by atoms with E-state index in [-0.39, 0.29) is 24.6 Å². The van der Waals surface area contributed by atoms with E-state index in [0.29, 0.717) is 46.0 Å². The number of halogens is 2. The van der Waals surface area contributed by atoms with Crippen LogP contribution in [0.5, 0.6) is 0 Å². The van der Waals surface area contributed by atoms with Crippen molar-refractivity contribution >= 4 is 23.5 Å². The topological polar surface area (TPSA) is 77.0 Å². The minimum Gasteiger partial charge on any atom is -0.340 e. The molecule has 5 atom stereocenters. The number of nitrogens with one attached hydrogen (secondary N) is 2. The average molecular weight is 564 g/mol. The normalized spacial score (nSPS) is 28.9. The first kappa shape index (κ1) is 27.8. The molecule has 0 aromatic heterocycles. The highest BCUT2D eigenvalue weighted by Gasteiger charge is 2.56. The Hall–Kier alpha value is -3.33. The predicted octanol–water partition coefficient (Wildman–Crippen LogP) is 4.94. The van der Waals surface area contributed by atoms with Crippen LogP contribution in [-0.4, -0.2) is 65.8 Å². The van der Waals surface area contributed by atoms with Crippen molar-refractivity contribution in [2.45, 2.75) is 59.0 Å². The molecular weight excluding hydrogens is 524 g/mol. The second-order valence-electron chi connectivity index (χ2n) is 12.9. The highest BCUT2D eigenvalue weighted by Crippen LogP contribution is 2.61. The molecule has 1 saturated heterocycles. The van der Waals surface area contributed by atoms with Crippen molar-refractivity contribution in [1.29, 1.82) is 0 Å². The van der Waals surface area contributed by atoms with Crippen molar-refractivity contribution in [2.75, 3.05) is 31.5 Å². The lowest BCUT2D eigenvalue weighted by Crippen LogP contribution is -2.57. The molecule has 5 aliphatic rings. The summed E-state index contributed by atoms with van der Waals surface area (Å²) in [5.41, 5.74) is 1.99. The predicted molar refractivity (Wildman–Crippen MR) is 155 cm³/mol. The van der Waals surface area contributed by atoms with Crippen LogP contribution in [0.25, 0.3) is 0 Å². The van der Waals surface area contributed by atoms with Crippen molar-refractivity contribution < 1.29 is 18.4 Å². The summed E-state index contributed by atoms with van der Waals surface area (Å²) >= 11 is 0. The lowest BCUT2D eigenvalue weighted by molar-refractivity contribution is -0.108. The zero-order chi connectivity index (χ0) is 29.1. The standard InChI is InChI=1S/C32H39F2N5O2/c1-18-17-38(12-10-35-18)31(37-28-14-21-13-26(19(28)2)32(21,3)4)36-23-7-8-24-25(16-23)30(41)39(29(24)40)11-9-20-5-6-22(33)15-27(20)34/h5-8,15-16,18-19,21,26,28,35H,9-14,17H2,1-4H3,(H,36,37)/t18?,19-,21+,26-,28-/m0/s1. The molecule has 2 heterocycles. The van der Waals surface area contributed by atoms with Crippen LogP contribution in [0.3, 0.4) is 0 Å². The Bertz CT molecular complexity index is 1410. The van der Waals surface area contributed by atoms with Crippen molar-refractivity contribution in [3.8, 4) is 0 Å². The smallest absolute Gasteiger partial charge is 0.261 e. The Morgan fingerprint density at radius 3 is 2.56 bits per heavy atom. The number of guanidine groups is 1. The third-order valence-corrected chi connectivity index (χ3v) is 10.1. The van der Waals surface area contributed by atoms with Crippen molar-refractivity contribution in [3.63, 3.8) is 0 Å². The van der Waals surface area contributed by atoms with Crippen LogP contribution in [0.1, 0.15) is 66.8 Å². The van der Waals surface area contributed by atoms with Gasteiger partial charge in [-0.1, -0.05) is 26.8 Å². The molecule has 41 heavy (non-hydrogen) atoms. The maximum absolute atomic E-state index is 14.1. The van der Waals surface area contributed by atoms with Gasteiger partial charge >= 0.3 is 0 Å². The fourth-order valence-electron chi connectivity index (χ4n) is 7.43. The van der Waals surface area contributed by atoms with E-state index in [1.54, 1.807) is 12.1 Å². The molecule has 7 nitrogen and oxygen atoms in total. The number of nitrogens with zero attached hydrogens (tertiary/aromatic N) is 3. The quantitative estimate of drug-likeness (QED) is 0.306. The van der Waals surface area contributed by atoms with Gasteiger partial charge in [0.1, 0.15) is 11.6 Å². The number of hydrogen-bond acceptors (Lipinski definition) is 4. The summed E-state index contributed by atoms with van der Waals surface area (Å²) in [6, 6.07) is 9.11. The number of imide groups is 1. The molecule has 218 valence electrons.